The first kappa shape index (κ1) is 20.4. The van der Waals surface area contributed by atoms with Crippen molar-refractivity contribution in [3.05, 3.63) is 69.0 Å². The summed E-state index contributed by atoms with van der Waals surface area (Å²) in [5, 5.41) is 1.55. The van der Waals surface area contributed by atoms with Gasteiger partial charge in [-0.15, -0.1) is 0 Å². The van der Waals surface area contributed by atoms with Crippen molar-refractivity contribution < 1.29 is 9.18 Å². The summed E-state index contributed by atoms with van der Waals surface area (Å²) < 4.78 is 14.0. The zero-order chi connectivity index (χ0) is 20.7. The fraction of sp³-hybridized carbons (Fsp3) is 0.318. The van der Waals surface area contributed by atoms with Gasteiger partial charge in [-0.2, -0.15) is 0 Å². The van der Waals surface area contributed by atoms with E-state index >= 15 is 0 Å². The third-order valence-corrected chi connectivity index (χ3v) is 6.76. The van der Waals surface area contributed by atoms with Crippen molar-refractivity contribution in [1.82, 2.24) is 14.8 Å². The number of nitrogens with one attached hydrogen (secondary N) is 1. The zero-order valence-corrected chi connectivity index (χ0v) is 18.6. The Labute approximate surface area is 182 Å². The third kappa shape index (κ3) is 4.20. The lowest BCUT2D eigenvalue weighted by Crippen LogP contribution is -2.57. The summed E-state index contributed by atoms with van der Waals surface area (Å²) in [5.41, 5.74) is 2.49. The molecule has 0 saturated carbocycles. The van der Waals surface area contributed by atoms with Crippen molar-refractivity contribution in [3.8, 4) is 0 Å². The van der Waals surface area contributed by atoms with Gasteiger partial charge < -0.3 is 9.88 Å². The van der Waals surface area contributed by atoms with E-state index < -0.39 is 0 Å². The molecule has 0 radical (unpaired) electrons. The Morgan fingerprint density at radius 2 is 1.90 bits per heavy atom. The van der Waals surface area contributed by atoms with E-state index in [1.54, 1.807) is 0 Å². The van der Waals surface area contributed by atoms with Gasteiger partial charge in [-0.1, -0.05) is 23.7 Å². The molecule has 1 amide bonds. The molecule has 2 atom stereocenters. The SMILES string of the molecule is C[C@@H]1CN(C(=O)c2cc3cc(Br)c(Cl)cc3[nH]2)[C@@H](C)CN1Cc1ccc(F)cc1. The molecule has 2 aromatic carbocycles. The number of aromatic nitrogens is 1. The fourth-order valence-corrected chi connectivity index (χ4v) is 4.45. The minimum Gasteiger partial charge on any atom is -0.350 e. The summed E-state index contributed by atoms with van der Waals surface area (Å²) in [4.78, 5) is 20.7. The van der Waals surface area contributed by atoms with Crippen LogP contribution in [0, 0.1) is 5.82 Å². The summed E-state index contributed by atoms with van der Waals surface area (Å²) in [5.74, 6) is -0.230. The number of amides is 1. The molecule has 0 spiro atoms. The molecule has 0 unspecified atom stereocenters. The van der Waals surface area contributed by atoms with Crippen LogP contribution in [0.3, 0.4) is 0 Å². The largest absolute Gasteiger partial charge is 0.350 e. The molecular weight excluding hydrogens is 457 g/mol. The first-order valence-electron chi connectivity index (χ1n) is 9.59. The molecule has 29 heavy (non-hydrogen) atoms. The molecular formula is C22H22BrClFN3O. The Hall–Kier alpha value is -1.89. The number of halogens is 3. The highest BCUT2D eigenvalue weighted by atomic mass is 79.9. The highest BCUT2D eigenvalue weighted by molar-refractivity contribution is 9.10. The lowest BCUT2D eigenvalue weighted by atomic mass is 10.1. The van der Waals surface area contributed by atoms with Crippen molar-refractivity contribution >= 4 is 44.3 Å². The topological polar surface area (TPSA) is 39.3 Å². The van der Waals surface area contributed by atoms with Gasteiger partial charge in [-0.05, 0) is 65.7 Å². The first-order chi connectivity index (χ1) is 13.8. The third-order valence-electron chi connectivity index (χ3n) is 5.57. The van der Waals surface area contributed by atoms with Crippen LogP contribution >= 0.6 is 27.5 Å². The van der Waals surface area contributed by atoms with E-state index in [-0.39, 0.29) is 23.8 Å². The van der Waals surface area contributed by atoms with Gasteiger partial charge >= 0.3 is 0 Å². The van der Waals surface area contributed by atoms with Crippen LogP contribution < -0.4 is 0 Å². The number of hydrogen-bond donors (Lipinski definition) is 1. The van der Waals surface area contributed by atoms with Crippen molar-refractivity contribution in [2.75, 3.05) is 13.1 Å². The van der Waals surface area contributed by atoms with Crippen LogP contribution in [0.5, 0.6) is 0 Å². The maximum Gasteiger partial charge on any atom is 0.270 e. The molecule has 0 bridgehead atoms. The quantitative estimate of drug-likeness (QED) is 0.543. The minimum atomic E-state index is -0.225. The second kappa shape index (κ2) is 8.09. The Kier molecular flexibility index (Phi) is 5.69. The van der Waals surface area contributed by atoms with E-state index in [2.05, 4.69) is 39.7 Å². The molecule has 1 aliphatic heterocycles. The van der Waals surface area contributed by atoms with Gasteiger partial charge in [-0.25, -0.2) is 4.39 Å². The minimum absolute atomic E-state index is 0.00535. The molecule has 1 N–H and O–H groups in total. The Morgan fingerprint density at radius 3 is 2.62 bits per heavy atom. The van der Waals surface area contributed by atoms with Crippen LogP contribution in [0.2, 0.25) is 5.02 Å². The lowest BCUT2D eigenvalue weighted by Gasteiger charge is -2.44. The highest BCUT2D eigenvalue weighted by Gasteiger charge is 2.33. The van der Waals surface area contributed by atoms with E-state index in [0.29, 0.717) is 17.3 Å². The molecule has 152 valence electrons. The molecule has 1 aromatic heterocycles. The van der Waals surface area contributed by atoms with Crippen LogP contribution in [-0.4, -0.2) is 45.9 Å². The number of hydrogen-bond acceptors (Lipinski definition) is 2. The summed E-state index contributed by atoms with van der Waals surface area (Å²) in [6, 6.07) is 12.5. The maximum absolute atomic E-state index is 13.2. The summed E-state index contributed by atoms with van der Waals surface area (Å²) in [6.07, 6.45) is 0. The van der Waals surface area contributed by atoms with E-state index in [0.717, 1.165) is 34.0 Å². The molecule has 3 aromatic rings. The Morgan fingerprint density at radius 1 is 1.17 bits per heavy atom. The van der Waals surface area contributed by atoms with Crippen LogP contribution in [0.4, 0.5) is 4.39 Å². The summed E-state index contributed by atoms with van der Waals surface area (Å²) in [6.45, 7) is 6.34. The smallest absolute Gasteiger partial charge is 0.270 e. The average Bonchev–Trinajstić information content (AvgIpc) is 3.08. The van der Waals surface area contributed by atoms with E-state index in [9.17, 15) is 9.18 Å². The van der Waals surface area contributed by atoms with Crippen LogP contribution in [0.1, 0.15) is 29.9 Å². The van der Waals surface area contributed by atoms with Gasteiger partial charge in [0.25, 0.3) is 5.91 Å². The van der Waals surface area contributed by atoms with Crippen molar-refractivity contribution in [2.24, 2.45) is 0 Å². The molecule has 4 nitrogen and oxygen atoms in total. The van der Waals surface area contributed by atoms with Gasteiger partial charge in [0, 0.05) is 47.1 Å². The van der Waals surface area contributed by atoms with Crippen LogP contribution in [0.25, 0.3) is 10.9 Å². The van der Waals surface area contributed by atoms with E-state index in [1.165, 1.54) is 12.1 Å². The Bertz CT molecular complexity index is 1010. The van der Waals surface area contributed by atoms with Crippen molar-refractivity contribution in [2.45, 2.75) is 32.5 Å². The van der Waals surface area contributed by atoms with Gasteiger partial charge in [-0.3, -0.25) is 9.69 Å². The number of piperazine rings is 1. The standard InChI is InChI=1S/C22H22BrClFN3O/c1-13-11-28(14(2)10-27(13)12-15-3-5-17(25)6-4-15)22(29)21-8-16-7-18(23)19(24)9-20(16)26-21/h3-9,13-14,26H,10-12H2,1-2H3/t13-,14+/m1/s1. The lowest BCUT2D eigenvalue weighted by molar-refractivity contribution is 0.0287. The van der Waals surface area contributed by atoms with Gasteiger partial charge in [0.2, 0.25) is 0 Å². The number of carbonyl (C=O) groups is 1. The molecule has 4 rings (SSSR count). The predicted molar refractivity (Wildman–Crippen MR) is 118 cm³/mol. The zero-order valence-electron chi connectivity index (χ0n) is 16.3. The number of fused-ring (bicyclic) bond motifs is 1. The summed E-state index contributed by atoms with van der Waals surface area (Å²) >= 11 is 9.60. The first-order valence-corrected chi connectivity index (χ1v) is 10.8. The van der Waals surface area contributed by atoms with E-state index in [1.807, 2.05) is 35.2 Å². The summed E-state index contributed by atoms with van der Waals surface area (Å²) in [7, 11) is 0. The van der Waals surface area contributed by atoms with Crippen molar-refractivity contribution in [3.63, 3.8) is 0 Å². The van der Waals surface area contributed by atoms with Gasteiger partial charge in [0.1, 0.15) is 11.5 Å². The molecule has 0 aliphatic carbocycles. The maximum atomic E-state index is 13.2. The normalized spacial score (nSPS) is 20.4. The van der Waals surface area contributed by atoms with Crippen LogP contribution in [0.15, 0.2) is 46.9 Å². The Balaban J connectivity index is 1.49. The van der Waals surface area contributed by atoms with Gasteiger partial charge in [0.15, 0.2) is 0 Å². The van der Waals surface area contributed by atoms with Crippen LogP contribution in [-0.2, 0) is 6.54 Å². The number of aromatic amines is 1. The number of benzene rings is 2. The molecule has 7 heteroatoms. The molecule has 1 fully saturated rings. The van der Waals surface area contributed by atoms with Crippen molar-refractivity contribution in [1.29, 1.82) is 0 Å². The molecule has 2 heterocycles. The molecule has 1 aliphatic rings. The molecule has 1 saturated heterocycles. The van der Waals surface area contributed by atoms with Gasteiger partial charge in [0.05, 0.1) is 5.02 Å². The highest BCUT2D eigenvalue weighted by Crippen LogP contribution is 2.29. The predicted octanol–water partition coefficient (Wildman–Crippen LogP) is 5.46. The average molecular weight is 479 g/mol. The number of H-pyrrole nitrogens is 1. The monoisotopic (exact) mass is 477 g/mol. The fourth-order valence-electron chi connectivity index (χ4n) is 3.92. The number of rotatable bonds is 3. The second-order valence-corrected chi connectivity index (χ2v) is 9.01. The second-order valence-electron chi connectivity index (χ2n) is 7.75. The number of nitrogens with zero attached hydrogens (tertiary/aromatic N) is 2. The van der Waals surface area contributed by atoms with E-state index in [4.69, 9.17) is 11.6 Å². The number of carbonyl (C=O) groups excluding carboxylic acids is 1.